The number of rotatable bonds is 2. The van der Waals surface area contributed by atoms with E-state index in [0.29, 0.717) is 0 Å². The number of methoxy groups -OCH3 is 1. The number of hydrogen-bond acceptors (Lipinski definition) is 3. The maximum atomic E-state index is 13.6. The molecule has 0 aromatic carbocycles. The lowest BCUT2D eigenvalue weighted by Gasteiger charge is -2.07. The van der Waals surface area contributed by atoms with E-state index in [9.17, 15) is 9.18 Å². The molecule has 1 rings (SSSR count). The summed E-state index contributed by atoms with van der Waals surface area (Å²) in [5.41, 5.74) is 0.221. The number of halogens is 1. The van der Waals surface area contributed by atoms with E-state index in [4.69, 9.17) is 0 Å². The van der Waals surface area contributed by atoms with Crippen LogP contribution >= 0.6 is 0 Å². The van der Waals surface area contributed by atoms with Crippen molar-refractivity contribution in [3.63, 3.8) is 0 Å². The molecule has 14 heavy (non-hydrogen) atoms. The minimum atomic E-state index is -0.674. The highest BCUT2D eigenvalue weighted by atomic mass is 19.1. The molecule has 0 bridgehead atoms. The van der Waals surface area contributed by atoms with Crippen molar-refractivity contribution in [3.05, 3.63) is 29.3 Å². The van der Waals surface area contributed by atoms with Gasteiger partial charge in [-0.15, -0.1) is 0 Å². The number of ether oxygens (including phenoxy) is 1. The van der Waals surface area contributed by atoms with E-state index < -0.39 is 11.8 Å². The van der Waals surface area contributed by atoms with Gasteiger partial charge in [0.1, 0.15) is 0 Å². The summed E-state index contributed by atoms with van der Waals surface area (Å²) in [5.74, 6) is -1.32. The van der Waals surface area contributed by atoms with Crippen LogP contribution in [0.15, 0.2) is 12.3 Å². The molecule has 0 radical (unpaired) electrons. The molecule has 0 saturated carbocycles. The van der Waals surface area contributed by atoms with Crippen molar-refractivity contribution in [2.75, 3.05) is 7.11 Å². The molecule has 0 unspecified atom stereocenters. The van der Waals surface area contributed by atoms with Gasteiger partial charge in [0.25, 0.3) is 0 Å². The Morgan fingerprint density at radius 2 is 2.21 bits per heavy atom. The lowest BCUT2D eigenvalue weighted by molar-refractivity contribution is 0.0595. The SMILES string of the molecule is COC(=O)c1ccnc(C(C)C)c1F. The van der Waals surface area contributed by atoms with Gasteiger partial charge in [-0.05, 0) is 12.0 Å². The number of nitrogens with zero attached hydrogens (tertiary/aromatic N) is 1. The zero-order chi connectivity index (χ0) is 10.7. The smallest absolute Gasteiger partial charge is 0.340 e. The Bertz CT molecular complexity index is 350. The van der Waals surface area contributed by atoms with Crippen LogP contribution in [0.5, 0.6) is 0 Å². The fourth-order valence-electron chi connectivity index (χ4n) is 1.13. The van der Waals surface area contributed by atoms with Crippen molar-refractivity contribution in [2.45, 2.75) is 19.8 Å². The largest absolute Gasteiger partial charge is 0.465 e. The standard InChI is InChI=1S/C10H12FNO2/c1-6(2)9-8(11)7(4-5-12-9)10(13)14-3/h4-6H,1-3H3. The van der Waals surface area contributed by atoms with Gasteiger partial charge in [-0.1, -0.05) is 13.8 Å². The fourth-order valence-corrected chi connectivity index (χ4v) is 1.13. The van der Waals surface area contributed by atoms with Gasteiger partial charge in [0.15, 0.2) is 5.82 Å². The molecule has 0 spiro atoms. The van der Waals surface area contributed by atoms with Crippen LogP contribution < -0.4 is 0 Å². The molecular weight excluding hydrogens is 185 g/mol. The lowest BCUT2D eigenvalue weighted by atomic mass is 10.1. The highest BCUT2D eigenvalue weighted by Crippen LogP contribution is 2.18. The maximum Gasteiger partial charge on any atom is 0.340 e. The van der Waals surface area contributed by atoms with Gasteiger partial charge in [0, 0.05) is 6.20 Å². The Labute approximate surface area is 81.9 Å². The minimum Gasteiger partial charge on any atom is -0.465 e. The predicted molar refractivity (Wildman–Crippen MR) is 49.6 cm³/mol. The second-order valence-electron chi connectivity index (χ2n) is 3.20. The molecule has 0 aliphatic rings. The minimum absolute atomic E-state index is 0.0559. The van der Waals surface area contributed by atoms with Crippen molar-refractivity contribution in [3.8, 4) is 0 Å². The van der Waals surface area contributed by atoms with Crippen LogP contribution in [0.1, 0.15) is 35.8 Å². The normalized spacial score (nSPS) is 10.4. The molecule has 3 nitrogen and oxygen atoms in total. The van der Waals surface area contributed by atoms with E-state index in [-0.39, 0.29) is 17.2 Å². The van der Waals surface area contributed by atoms with Crippen molar-refractivity contribution < 1.29 is 13.9 Å². The number of esters is 1. The first-order valence-corrected chi connectivity index (χ1v) is 4.30. The Balaban J connectivity index is 3.20. The molecule has 0 aliphatic carbocycles. The molecule has 1 aromatic rings. The summed E-state index contributed by atoms with van der Waals surface area (Å²) in [6, 6.07) is 1.31. The number of aromatic nitrogens is 1. The number of hydrogen-bond donors (Lipinski definition) is 0. The first-order valence-electron chi connectivity index (χ1n) is 4.30. The summed E-state index contributed by atoms with van der Waals surface area (Å²) in [5, 5.41) is 0. The monoisotopic (exact) mass is 197 g/mol. The molecule has 0 atom stereocenters. The zero-order valence-corrected chi connectivity index (χ0v) is 8.37. The molecule has 0 N–H and O–H groups in total. The average Bonchev–Trinajstić information content (AvgIpc) is 2.16. The van der Waals surface area contributed by atoms with Crippen LogP contribution in [0.25, 0.3) is 0 Å². The van der Waals surface area contributed by atoms with E-state index >= 15 is 0 Å². The molecule has 76 valence electrons. The number of pyridine rings is 1. The Morgan fingerprint density at radius 3 is 2.71 bits per heavy atom. The molecule has 1 aromatic heterocycles. The van der Waals surface area contributed by atoms with Crippen LogP contribution in [0, 0.1) is 5.82 Å². The van der Waals surface area contributed by atoms with Crippen molar-refractivity contribution in [1.82, 2.24) is 4.98 Å². The average molecular weight is 197 g/mol. The molecule has 0 aliphatic heterocycles. The van der Waals surface area contributed by atoms with Gasteiger partial charge in [-0.2, -0.15) is 0 Å². The first kappa shape index (κ1) is 10.6. The molecule has 0 saturated heterocycles. The molecule has 4 heteroatoms. The predicted octanol–water partition coefficient (Wildman–Crippen LogP) is 2.13. The third kappa shape index (κ3) is 1.89. The van der Waals surface area contributed by atoms with Crippen LogP contribution in [0.2, 0.25) is 0 Å². The number of carbonyl (C=O) groups excluding carboxylic acids is 1. The van der Waals surface area contributed by atoms with Gasteiger partial charge in [0.05, 0.1) is 18.4 Å². The summed E-state index contributed by atoms with van der Waals surface area (Å²) in [4.78, 5) is 15.0. The molecular formula is C10H12FNO2. The lowest BCUT2D eigenvalue weighted by Crippen LogP contribution is -2.08. The fraction of sp³-hybridized carbons (Fsp3) is 0.400. The topological polar surface area (TPSA) is 39.2 Å². The van der Waals surface area contributed by atoms with E-state index in [0.717, 1.165) is 0 Å². The molecule has 0 amide bonds. The van der Waals surface area contributed by atoms with Crippen molar-refractivity contribution in [1.29, 1.82) is 0 Å². The first-order chi connectivity index (χ1) is 6.57. The Kier molecular flexibility index (Phi) is 3.17. The van der Waals surface area contributed by atoms with Gasteiger partial charge < -0.3 is 4.74 Å². The van der Waals surface area contributed by atoms with Crippen LogP contribution in [0.4, 0.5) is 4.39 Å². The van der Waals surface area contributed by atoms with Crippen molar-refractivity contribution >= 4 is 5.97 Å². The van der Waals surface area contributed by atoms with E-state index in [1.54, 1.807) is 0 Å². The highest BCUT2D eigenvalue weighted by molar-refractivity contribution is 5.89. The molecule has 1 heterocycles. The van der Waals surface area contributed by atoms with Crippen molar-refractivity contribution in [2.24, 2.45) is 0 Å². The summed E-state index contributed by atoms with van der Waals surface area (Å²) in [6.07, 6.45) is 1.41. The summed E-state index contributed by atoms with van der Waals surface area (Å²) < 4.78 is 18.0. The van der Waals surface area contributed by atoms with E-state index in [2.05, 4.69) is 9.72 Å². The summed E-state index contributed by atoms with van der Waals surface area (Å²) in [7, 11) is 1.22. The quantitative estimate of drug-likeness (QED) is 0.682. The van der Waals surface area contributed by atoms with E-state index in [1.807, 2.05) is 13.8 Å². The summed E-state index contributed by atoms with van der Waals surface area (Å²) in [6.45, 7) is 3.62. The number of carbonyl (C=O) groups is 1. The van der Waals surface area contributed by atoms with Gasteiger partial charge in [-0.3, -0.25) is 4.98 Å². The third-order valence-electron chi connectivity index (χ3n) is 1.87. The van der Waals surface area contributed by atoms with Crippen LogP contribution in [-0.2, 0) is 4.74 Å². The second-order valence-corrected chi connectivity index (χ2v) is 3.20. The van der Waals surface area contributed by atoms with Crippen LogP contribution in [0.3, 0.4) is 0 Å². The molecule has 0 fully saturated rings. The van der Waals surface area contributed by atoms with E-state index in [1.165, 1.54) is 19.4 Å². The maximum absolute atomic E-state index is 13.6. The zero-order valence-electron chi connectivity index (χ0n) is 8.37. The Morgan fingerprint density at radius 1 is 1.57 bits per heavy atom. The second kappa shape index (κ2) is 4.17. The third-order valence-corrected chi connectivity index (χ3v) is 1.87. The summed E-state index contributed by atoms with van der Waals surface area (Å²) >= 11 is 0. The highest BCUT2D eigenvalue weighted by Gasteiger charge is 2.17. The Hall–Kier alpha value is -1.45. The van der Waals surface area contributed by atoms with Gasteiger partial charge in [0.2, 0.25) is 0 Å². The van der Waals surface area contributed by atoms with Gasteiger partial charge >= 0.3 is 5.97 Å². The van der Waals surface area contributed by atoms with Gasteiger partial charge in [-0.25, -0.2) is 9.18 Å². The van der Waals surface area contributed by atoms with Crippen LogP contribution in [-0.4, -0.2) is 18.1 Å².